The van der Waals surface area contributed by atoms with Gasteiger partial charge in [0, 0.05) is 52.9 Å². The van der Waals surface area contributed by atoms with Gasteiger partial charge in [0.05, 0.1) is 22.8 Å². The van der Waals surface area contributed by atoms with Gasteiger partial charge < -0.3 is 9.88 Å². The normalized spacial score (nSPS) is 11.2. The summed E-state index contributed by atoms with van der Waals surface area (Å²) in [6.45, 7) is 6.16. The molecule has 1 aromatic carbocycles. The molecular formula is C22H23N5OS. The van der Waals surface area contributed by atoms with Crippen LogP contribution in [-0.2, 0) is 24.8 Å². The van der Waals surface area contributed by atoms with E-state index in [9.17, 15) is 4.79 Å². The maximum atomic E-state index is 12.5. The number of fused-ring (bicyclic) bond motifs is 1. The summed E-state index contributed by atoms with van der Waals surface area (Å²) in [5.74, 6) is 0.681. The van der Waals surface area contributed by atoms with Gasteiger partial charge in [0.2, 0.25) is 5.91 Å². The average Bonchev–Trinajstić information content (AvgIpc) is 3.19. The van der Waals surface area contributed by atoms with E-state index in [1.807, 2.05) is 46.1 Å². The molecule has 29 heavy (non-hydrogen) atoms. The number of aryl methyl sites for hydroxylation is 4. The molecule has 0 aliphatic heterocycles. The maximum Gasteiger partial charge on any atom is 0.225 e. The third kappa shape index (κ3) is 3.91. The van der Waals surface area contributed by atoms with Crippen LogP contribution >= 0.6 is 11.3 Å². The molecule has 0 aliphatic rings. The maximum absolute atomic E-state index is 12.5. The van der Waals surface area contributed by atoms with Crippen LogP contribution in [0.15, 0.2) is 36.7 Å². The lowest BCUT2D eigenvalue weighted by atomic mass is 10.1. The van der Waals surface area contributed by atoms with Crippen molar-refractivity contribution in [1.82, 2.24) is 24.8 Å². The molecule has 0 spiro atoms. The highest BCUT2D eigenvalue weighted by Crippen LogP contribution is 2.31. The Morgan fingerprint density at radius 3 is 2.72 bits per heavy atom. The van der Waals surface area contributed by atoms with Crippen molar-refractivity contribution in [2.45, 2.75) is 33.7 Å². The van der Waals surface area contributed by atoms with Crippen molar-refractivity contribution in [2.24, 2.45) is 7.05 Å². The van der Waals surface area contributed by atoms with Crippen LogP contribution in [0.2, 0.25) is 0 Å². The fourth-order valence-electron chi connectivity index (χ4n) is 3.53. The van der Waals surface area contributed by atoms with Gasteiger partial charge in [0.15, 0.2) is 0 Å². The molecule has 3 aromatic heterocycles. The zero-order valence-corrected chi connectivity index (χ0v) is 17.8. The zero-order valence-electron chi connectivity index (χ0n) is 17.0. The molecule has 0 saturated carbocycles. The zero-order chi connectivity index (χ0) is 20.5. The van der Waals surface area contributed by atoms with Gasteiger partial charge in [-0.2, -0.15) is 0 Å². The molecular weight excluding hydrogens is 382 g/mol. The summed E-state index contributed by atoms with van der Waals surface area (Å²) in [7, 11) is 2.03. The number of aromatic nitrogens is 4. The number of rotatable bonds is 5. The molecule has 0 fully saturated rings. The van der Waals surface area contributed by atoms with Crippen molar-refractivity contribution in [1.29, 1.82) is 0 Å². The summed E-state index contributed by atoms with van der Waals surface area (Å²) in [5, 5.41) is 5.14. The van der Waals surface area contributed by atoms with Gasteiger partial charge in [-0.05, 0) is 26.8 Å². The van der Waals surface area contributed by atoms with Gasteiger partial charge in [-0.3, -0.25) is 4.79 Å². The summed E-state index contributed by atoms with van der Waals surface area (Å²) in [4.78, 5) is 27.0. The number of hydrogen-bond donors (Lipinski definition) is 1. The number of carbonyl (C=O) groups excluding carboxylic acids is 1. The van der Waals surface area contributed by atoms with Gasteiger partial charge in [0.25, 0.3) is 0 Å². The minimum atomic E-state index is -0.0267. The Hall–Kier alpha value is -3.06. The summed E-state index contributed by atoms with van der Waals surface area (Å²) in [6, 6.07) is 8.25. The highest BCUT2D eigenvalue weighted by atomic mass is 32.1. The topological polar surface area (TPSA) is 72.7 Å². The van der Waals surface area contributed by atoms with Crippen LogP contribution in [0, 0.1) is 20.8 Å². The Morgan fingerprint density at radius 2 is 1.97 bits per heavy atom. The Morgan fingerprint density at radius 1 is 1.17 bits per heavy atom. The molecule has 1 N–H and O–H groups in total. The van der Waals surface area contributed by atoms with E-state index in [2.05, 4.69) is 38.2 Å². The Labute approximate surface area is 173 Å². The predicted octanol–water partition coefficient (Wildman–Crippen LogP) is 3.88. The monoisotopic (exact) mass is 405 g/mol. The van der Waals surface area contributed by atoms with Crippen LogP contribution in [0.25, 0.3) is 22.2 Å². The second-order valence-electron chi connectivity index (χ2n) is 7.16. The van der Waals surface area contributed by atoms with Crippen LogP contribution in [0.3, 0.4) is 0 Å². The van der Waals surface area contributed by atoms with Crippen LogP contribution in [0.5, 0.6) is 0 Å². The number of hydrogen-bond acceptors (Lipinski definition) is 5. The summed E-state index contributed by atoms with van der Waals surface area (Å²) in [6.07, 6.45) is 4.23. The first kappa shape index (κ1) is 19.3. The molecule has 0 saturated heterocycles. The first-order valence-corrected chi connectivity index (χ1v) is 10.3. The first-order valence-electron chi connectivity index (χ1n) is 9.49. The minimum absolute atomic E-state index is 0.0267. The van der Waals surface area contributed by atoms with Crippen LogP contribution in [0.4, 0.5) is 0 Å². The smallest absolute Gasteiger partial charge is 0.225 e. The third-order valence-electron chi connectivity index (χ3n) is 4.93. The molecule has 4 aromatic rings. The summed E-state index contributed by atoms with van der Waals surface area (Å²) >= 11 is 1.57. The average molecular weight is 406 g/mol. The van der Waals surface area contributed by atoms with Gasteiger partial charge in [-0.25, -0.2) is 15.0 Å². The standard InChI is InChI=1S/C22H23N5OS/c1-13-20(29-15(3)25-13)9-21(28)24-11-16-10-23-14(2)26-22(16)18-12-27(4)19-8-6-5-7-17(18)19/h5-8,10,12H,9,11H2,1-4H3,(H,24,28). The molecule has 7 heteroatoms. The Kier molecular flexibility index (Phi) is 5.15. The van der Waals surface area contributed by atoms with Crippen molar-refractivity contribution in [3.8, 4) is 11.3 Å². The number of para-hydroxylation sites is 1. The lowest BCUT2D eigenvalue weighted by Crippen LogP contribution is -2.25. The molecule has 0 aliphatic carbocycles. The highest BCUT2D eigenvalue weighted by molar-refractivity contribution is 7.11. The van der Waals surface area contributed by atoms with Crippen LogP contribution < -0.4 is 5.32 Å². The van der Waals surface area contributed by atoms with E-state index in [1.54, 1.807) is 11.3 Å². The lowest BCUT2D eigenvalue weighted by Gasteiger charge is -2.10. The van der Waals surface area contributed by atoms with Gasteiger partial charge >= 0.3 is 0 Å². The van der Waals surface area contributed by atoms with E-state index in [0.717, 1.165) is 43.3 Å². The van der Waals surface area contributed by atoms with Crippen molar-refractivity contribution in [2.75, 3.05) is 0 Å². The molecule has 1 amide bonds. The highest BCUT2D eigenvalue weighted by Gasteiger charge is 2.16. The van der Waals surface area contributed by atoms with Crippen molar-refractivity contribution in [3.05, 3.63) is 63.6 Å². The van der Waals surface area contributed by atoms with Gasteiger partial charge in [0.1, 0.15) is 5.82 Å². The Bertz CT molecular complexity index is 1210. The molecule has 0 unspecified atom stereocenters. The molecule has 3 heterocycles. The SMILES string of the molecule is Cc1ncc(CNC(=O)Cc2sc(C)nc2C)c(-c2cn(C)c3ccccc23)n1. The summed E-state index contributed by atoms with van der Waals surface area (Å²) < 4.78 is 2.10. The fraction of sp³-hybridized carbons (Fsp3) is 0.273. The van der Waals surface area contributed by atoms with Crippen molar-refractivity contribution in [3.63, 3.8) is 0 Å². The molecule has 0 atom stereocenters. The molecule has 4 rings (SSSR count). The molecule has 6 nitrogen and oxygen atoms in total. The van der Waals surface area contributed by atoms with Gasteiger partial charge in [-0.1, -0.05) is 18.2 Å². The number of thiazole rings is 1. The first-order chi connectivity index (χ1) is 13.9. The number of benzene rings is 1. The quantitative estimate of drug-likeness (QED) is 0.547. The van der Waals surface area contributed by atoms with E-state index in [1.165, 1.54) is 0 Å². The number of nitrogens with one attached hydrogen (secondary N) is 1. The predicted molar refractivity (Wildman–Crippen MR) is 116 cm³/mol. The van der Waals surface area contributed by atoms with Crippen molar-refractivity contribution < 1.29 is 4.79 Å². The van der Waals surface area contributed by atoms with Crippen LogP contribution in [-0.4, -0.2) is 25.4 Å². The van der Waals surface area contributed by atoms with Crippen LogP contribution in [0.1, 0.15) is 27.0 Å². The van der Waals surface area contributed by atoms with E-state index in [4.69, 9.17) is 4.98 Å². The second kappa shape index (κ2) is 7.75. The second-order valence-corrected chi connectivity index (χ2v) is 8.44. The Balaban J connectivity index is 1.60. The van der Waals surface area contributed by atoms with Gasteiger partial charge in [-0.15, -0.1) is 11.3 Å². The summed E-state index contributed by atoms with van der Waals surface area (Å²) in [5.41, 5.74) is 4.88. The van der Waals surface area contributed by atoms with E-state index in [-0.39, 0.29) is 5.91 Å². The van der Waals surface area contributed by atoms with E-state index < -0.39 is 0 Å². The van der Waals surface area contributed by atoms with Crippen molar-refractivity contribution >= 4 is 28.1 Å². The largest absolute Gasteiger partial charge is 0.352 e. The molecule has 0 radical (unpaired) electrons. The fourth-order valence-corrected chi connectivity index (χ4v) is 4.46. The molecule has 0 bridgehead atoms. The van der Waals surface area contributed by atoms with E-state index in [0.29, 0.717) is 18.8 Å². The minimum Gasteiger partial charge on any atom is -0.352 e. The number of amides is 1. The number of carbonyl (C=O) groups is 1. The molecule has 148 valence electrons. The third-order valence-corrected chi connectivity index (χ3v) is 6.01. The van der Waals surface area contributed by atoms with E-state index >= 15 is 0 Å². The lowest BCUT2D eigenvalue weighted by molar-refractivity contribution is -0.120. The number of nitrogens with zero attached hydrogens (tertiary/aromatic N) is 4.